The highest BCUT2D eigenvalue weighted by atomic mass is 32.2. The predicted molar refractivity (Wildman–Crippen MR) is 127 cm³/mol. The number of ether oxygens (including phenoxy) is 1. The van der Waals surface area contributed by atoms with Crippen LogP contribution in [0, 0.1) is 0 Å². The summed E-state index contributed by atoms with van der Waals surface area (Å²) in [5.41, 5.74) is 2.00. The number of nitrogens with one attached hydrogen (secondary N) is 1. The van der Waals surface area contributed by atoms with E-state index in [0.29, 0.717) is 32.5 Å². The summed E-state index contributed by atoms with van der Waals surface area (Å²) in [6.45, 7) is 5.00. The van der Waals surface area contributed by atoms with Crippen molar-refractivity contribution in [2.75, 3.05) is 40.8 Å². The lowest BCUT2D eigenvalue weighted by Gasteiger charge is -2.25. The van der Waals surface area contributed by atoms with Gasteiger partial charge >= 0.3 is 0 Å². The van der Waals surface area contributed by atoms with E-state index in [9.17, 15) is 13.2 Å². The molecule has 0 fully saturated rings. The molecule has 0 aliphatic rings. The summed E-state index contributed by atoms with van der Waals surface area (Å²) in [4.78, 5) is 14.8. The van der Waals surface area contributed by atoms with E-state index in [1.54, 1.807) is 31.4 Å². The third kappa shape index (κ3) is 6.79. The van der Waals surface area contributed by atoms with E-state index in [-0.39, 0.29) is 16.8 Å². The van der Waals surface area contributed by atoms with Gasteiger partial charge in [-0.3, -0.25) is 4.79 Å². The molecule has 0 aliphatic carbocycles. The molecule has 0 saturated carbocycles. The minimum absolute atomic E-state index is 0.0265. The fourth-order valence-electron chi connectivity index (χ4n) is 3.54. The van der Waals surface area contributed by atoms with Crippen LogP contribution in [0.2, 0.25) is 0 Å². The number of carbonyl (C=O) groups is 1. The molecule has 2 rings (SSSR count). The molecule has 7 nitrogen and oxygen atoms in total. The molecule has 2 aromatic rings. The summed E-state index contributed by atoms with van der Waals surface area (Å²) < 4.78 is 31.9. The maximum Gasteiger partial charge on any atom is 0.243 e. The summed E-state index contributed by atoms with van der Waals surface area (Å²) in [5.74, 6) is 0.742. The van der Waals surface area contributed by atoms with Crippen LogP contribution in [0.25, 0.3) is 0 Å². The van der Waals surface area contributed by atoms with E-state index in [0.717, 1.165) is 16.9 Å². The van der Waals surface area contributed by atoms with E-state index >= 15 is 0 Å². The fourth-order valence-corrected chi connectivity index (χ4v) is 5.00. The summed E-state index contributed by atoms with van der Waals surface area (Å²) >= 11 is 0. The molecular weight excluding hydrogens is 426 g/mol. The van der Waals surface area contributed by atoms with Crippen molar-refractivity contribution in [3.05, 3.63) is 59.7 Å². The third-order valence-electron chi connectivity index (χ3n) is 5.50. The normalized spacial score (nSPS) is 12.7. The van der Waals surface area contributed by atoms with Gasteiger partial charge in [-0.2, -0.15) is 4.31 Å². The molecule has 32 heavy (non-hydrogen) atoms. The van der Waals surface area contributed by atoms with Crippen molar-refractivity contribution >= 4 is 15.9 Å². The molecule has 8 heteroatoms. The van der Waals surface area contributed by atoms with E-state index in [1.807, 2.05) is 52.2 Å². The zero-order valence-electron chi connectivity index (χ0n) is 19.7. The Morgan fingerprint density at radius 2 is 1.72 bits per heavy atom. The molecule has 1 amide bonds. The Morgan fingerprint density at radius 3 is 2.28 bits per heavy atom. The lowest BCUT2D eigenvalue weighted by atomic mass is 10.1. The van der Waals surface area contributed by atoms with Crippen molar-refractivity contribution in [3.8, 4) is 5.75 Å². The highest BCUT2D eigenvalue weighted by molar-refractivity contribution is 7.89. The largest absolute Gasteiger partial charge is 0.497 e. The first-order chi connectivity index (χ1) is 15.2. The van der Waals surface area contributed by atoms with Crippen LogP contribution < -0.4 is 10.1 Å². The Hall–Kier alpha value is -2.42. The second-order valence-electron chi connectivity index (χ2n) is 7.79. The summed E-state index contributed by atoms with van der Waals surface area (Å²) in [6, 6.07) is 14.7. The molecule has 0 radical (unpaired) electrons. The maximum atomic E-state index is 12.6. The molecule has 0 saturated heterocycles. The number of sulfonamides is 1. The summed E-state index contributed by atoms with van der Waals surface area (Å²) in [5, 5.41) is 3.01. The minimum Gasteiger partial charge on any atom is -0.497 e. The Bertz CT molecular complexity index is 971. The average Bonchev–Trinajstić information content (AvgIpc) is 2.78. The lowest BCUT2D eigenvalue weighted by Crippen LogP contribution is -2.34. The first-order valence-corrected chi connectivity index (χ1v) is 12.3. The van der Waals surface area contributed by atoms with Gasteiger partial charge in [-0.1, -0.05) is 38.1 Å². The Morgan fingerprint density at radius 1 is 1.06 bits per heavy atom. The van der Waals surface area contributed by atoms with Crippen LogP contribution >= 0.6 is 0 Å². The van der Waals surface area contributed by atoms with Crippen LogP contribution in [0.3, 0.4) is 0 Å². The Balaban J connectivity index is 1.93. The number of hydrogen-bond acceptors (Lipinski definition) is 5. The van der Waals surface area contributed by atoms with Crippen molar-refractivity contribution in [1.29, 1.82) is 0 Å². The van der Waals surface area contributed by atoms with Crippen LogP contribution in [0.1, 0.15) is 37.4 Å². The number of carbonyl (C=O) groups excluding carboxylic acids is 1. The highest BCUT2D eigenvalue weighted by Crippen LogP contribution is 2.22. The molecule has 1 atom stereocenters. The lowest BCUT2D eigenvalue weighted by molar-refractivity contribution is -0.121. The van der Waals surface area contributed by atoms with Gasteiger partial charge in [-0.05, 0) is 55.9 Å². The number of rotatable bonds is 12. The molecule has 0 heterocycles. The van der Waals surface area contributed by atoms with Crippen LogP contribution in [0.15, 0.2) is 53.4 Å². The SMILES string of the molecule is CCN(CC)S(=O)(=O)c1ccc(CCC(=O)NCC(c2cccc(OC)c2)N(C)C)cc1. The molecule has 1 N–H and O–H groups in total. The monoisotopic (exact) mass is 461 g/mol. The molecule has 0 bridgehead atoms. The Labute approximate surface area is 192 Å². The fraction of sp³-hybridized carbons (Fsp3) is 0.458. The summed E-state index contributed by atoms with van der Waals surface area (Å²) in [7, 11) is 2.12. The van der Waals surface area contributed by atoms with Gasteiger partial charge in [0.25, 0.3) is 0 Å². The number of hydrogen-bond donors (Lipinski definition) is 1. The number of likely N-dealkylation sites (N-methyl/N-ethyl adjacent to an activating group) is 1. The molecular formula is C24H35N3O4S. The molecule has 0 spiro atoms. The zero-order valence-corrected chi connectivity index (χ0v) is 20.5. The van der Waals surface area contributed by atoms with Gasteiger partial charge in [-0.15, -0.1) is 0 Å². The van der Waals surface area contributed by atoms with Gasteiger partial charge in [0, 0.05) is 26.1 Å². The van der Waals surface area contributed by atoms with Gasteiger partial charge < -0.3 is 15.0 Å². The quantitative estimate of drug-likeness (QED) is 0.526. The van der Waals surface area contributed by atoms with Gasteiger partial charge in [0.1, 0.15) is 5.75 Å². The molecule has 176 valence electrons. The highest BCUT2D eigenvalue weighted by Gasteiger charge is 2.21. The molecule has 2 aromatic carbocycles. The van der Waals surface area contributed by atoms with E-state index in [1.165, 1.54) is 4.31 Å². The van der Waals surface area contributed by atoms with Gasteiger partial charge in [0.05, 0.1) is 18.0 Å². The number of aryl methyl sites for hydroxylation is 1. The average molecular weight is 462 g/mol. The van der Waals surface area contributed by atoms with Gasteiger partial charge in [0.15, 0.2) is 0 Å². The predicted octanol–water partition coefficient (Wildman–Crippen LogP) is 3.08. The molecule has 1 unspecified atom stereocenters. The van der Waals surface area contributed by atoms with E-state index in [2.05, 4.69) is 10.2 Å². The molecule has 0 aromatic heterocycles. The summed E-state index contributed by atoms with van der Waals surface area (Å²) in [6.07, 6.45) is 0.879. The number of amides is 1. The number of nitrogens with zero attached hydrogens (tertiary/aromatic N) is 2. The van der Waals surface area contributed by atoms with Gasteiger partial charge in [0.2, 0.25) is 15.9 Å². The van der Waals surface area contributed by atoms with Gasteiger partial charge in [-0.25, -0.2) is 8.42 Å². The van der Waals surface area contributed by atoms with E-state index in [4.69, 9.17) is 4.74 Å². The van der Waals surface area contributed by atoms with Crippen LogP contribution in [0.4, 0.5) is 0 Å². The second kappa shape index (κ2) is 12.0. The topological polar surface area (TPSA) is 79.0 Å². The standard InChI is InChI=1S/C24H35N3O4S/c1-6-27(7-2)32(29,30)22-14-11-19(12-15-22)13-16-24(28)25-18-23(26(3)4)20-9-8-10-21(17-20)31-5/h8-12,14-15,17,23H,6-7,13,16,18H2,1-5H3,(H,25,28). The Kier molecular flexibility index (Phi) is 9.68. The van der Waals surface area contributed by atoms with Crippen molar-refractivity contribution in [3.63, 3.8) is 0 Å². The zero-order chi connectivity index (χ0) is 23.7. The number of benzene rings is 2. The van der Waals surface area contributed by atoms with Crippen LogP contribution in [0.5, 0.6) is 5.75 Å². The maximum absolute atomic E-state index is 12.6. The van der Waals surface area contributed by atoms with Crippen LogP contribution in [-0.2, 0) is 21.2 Å². The van der Waals surface area contributed by atoms with E-state index < -0.39 is 10.0 Å². The third-order valence-corrected chi connectivity index (χ3v) is 7.57. The first kappa shape index (κ1) is 25.8. The van der Waals surface area contributed by atoms with Crippen molar-refractivity contribution in [2.24, 2.45) is 0 Å². The molecule has 0 aliphatic heterocycles. The minimum atomic E-state index is -3.47. The van der Waals surface area contributed by atoms with Crippen LogP contribution in [-0.4, -0.2) is 64.4 Å². The van der Waals surface area contributed by atoms with Crippen molar-refractivity contribution in [1.82, 2.24) is 14.5 Å². The first-order valence-electron chi connectivity index (χ1n) is 10.9. The smallest absolute Gasteiger partial charge is 0.243 e. The van der Waals surface area contributed by atoms with Crippen molar-refractivity contribution < 1.29 is 17.9 Å². The number of methoxy groups -OCH3 is 1. The van der Waals surface area contributed by atoms with Crippen molar-refractivity contribution in [2.45, 2.75) is 37.6 Å². The second-order valence-corrected chi connectivity index (χ2v) is 9.73.